The molecular weight excluding hydrogens is 340 g/mol. The van der Waals surface area contributed by atoms with Gasteiger partial charge < -0.3 is 9.84 Å². The highest BCUT2D eigenvalue weighted by Crippen LogP contribution is 2.29. The van der Waals surface area contributed by atoms with Gasteiger partial charge in [0.15, 0.2) is 3.95 Å². The molecule has 2 aromatic carbocycles. The second kappa shape index (κ2) is 7.42. The lowest BCUT2D eigenvalue weighted by Crippen LogP contribution is -1.92. The van der Waals surface area contributed by atoms with Gasteiger partial charge in [0.1, 0.15) is 10.6 Å². The molecule has 3 aromatic rings. The molecule has 0 aliphatic rings. The first kappa shape index (κ1) is 16.4. The van der Waals surface area contributed by atoms with Crippen molar-refractivity contribution in [3.05, 3.63) is 63.4 Å². The van der Waals surface area contributed by atoms with Crippen molar-refractivity contribution < 1.29 is 9.84 Å². The van der Waals surface area contributed by atoms with Crippen LogP contribution in [0.25, 0.3) is 5.69 Å². The molecule has 0 aliphatic heterocycles. The molecule has 0 fully saturated rings. The molecule has 0 saturated heterocycles. The first-order chi connectivity index (χ1) is 11.7. The molecule has 4 nitrogen and oxygen atoms in total. The Kier molecular flexibility index (Phi) is 5.08. The zero-order valence-electron chi connectivity index (χ0n) is 13.0. The van der Waals surface area contributed by atoms with Crippen LogP contribution in [0.3, 0.4) is 0 Å². The van der Waals surface area contributed by atoms with Crippen LogP contribution in [0.2, 0.25) is 0 Å². The van der Waals surface area contributed by atoms with Crippen LogP contribution in [0.1, 0.15) is 11.8 Å². The molecule has 1 aromatic heterocycles. The third-order valence-electron chi connectivity index (χ3n) is 3.31. The summed E-state index contributed by atoms with van der Waals surface area (Å²) in [5.41, 5.74) is 1.61. The number of hydrogen-bond acceptors (Lipinski definition) is 5. The second-order valence-electron chi connectivity index (χ2n) is 4.91. The van der Waals surface area contributed by atoms with E-state index in [1.165, 1.54) is 11.3 Å². The van der Waals surface area contributed by atoms with Crippen LogP contribution in [-0.2, 0) is 0 Å². The predicted octanol–water partition coefficient (Wildman–Crippen LogP) is 5.12. The lowest BCUT2D eigenvalue weighted by atomic mass is 10.3. The molecule has 0 spiro atoms. The fourth-order valence-electron chi connectivity index (χ4n) is 2.20. The molecule has 0 atom stereocenters. The van der Waals surface area contributed by atoms with Crippen molar-refractivity contribution in [2.45, 2.75) is 6.92 Å². The van der Waals surface area contributed by atoms with E-state index < -0.39 is 0 Å². The minimum atomic E-state index is 0.103. The van der Waals surface area contributed by atoms with Crippen LogP contribution >= 0.6 is 23.6 Å². The Morgan fingerprint density at radius 2 is 1.88 bits per heavy atom. The van der Waals surface area contributed by atoms with Crippen molar-refractivity contribution in [2.75, 3.05) is 6.61 Å². The van der Waals surface area contributed by atoms with Crippen LogP contribution < -0.4 is 4.74 Å². The number of rotatable bonds is 5. The van der Waals surface area contributed by atoms with Gasteiger partial charge in [0.25, 0.3) is 0 Å². The van der Waals surface area contributed by atoms with Crippen molar-refractivity contribution in [3.8, 4) is 17.3 Å². The van der Waals surface area contributed by atoms with Gasteiger partial charge in [-0.15, -0.1) is 0 Å². The van der Waals surface area contributed by atoms with Crippen LogP contribution in [0.15, 0.2) is 59.6 Å². The molecule has 0 saturated carbocycles. The summed E-state index contributed by atoms with van der Waals surface area (Å²) in [5.74, 6) is 0.913. The molecule has 6 heteroatoms. The lowest BCUT2D eigenvalue weighted by Gasteiger charge is -2.03. The summed E-state index contributed by atoms with van der Waals surface area (Å²) >= 11 is 6.68. The molecule has 1 N–H and O–H groups in total. The maximum Gasteiger partial charge on any atom is 0.216 e. The summed E-state index contributed by atoms with van der Waals surface area (Å²) in [4.78, 5) is 5.02. The van der Waals surface area contributed by atoms with Gasteiger partial charge in [-0.3, -0.25) is 9.56 Å². The van der Waals surface area contributed by atoms with E-state index in [2.05, 4.69) is 4.99 Å². The smallest absolute Gasteiger partial charge is 0.216 e. The zero-order valence-corrected chi connectivity index (χ0v) is 14.7. The molecule has 0 bridgehead atoms. The summed E-state index contributed by atoms with van der Waals surface area (Å²) in [6.45, 7) is 2.58. The number of benzene rings is 2. The van der Waals surface area contributed by atoms with Crippen LogP contribution in [-0.4, -0.2) is 22.5 Å². The Hall–Kier alpha value is -2.44. The third kappa shape index (κ3) is 3.55. The quantitative estimate of drug-likeness (QED) is 0.510. The van der Waals surface area contributed by atoms with E-state index in [-0.39, 0.29) is 5.88 Å². The van der Waals surface area contributed by atoms with Crippen molar-refractivity contribution in [2.24, 2.45) is 4.99 Å². The van der Waals surface area contributed by atoms with E-state index in [1.807, 2.05) is 61.5 Å². The molecule has 0 aliphatic carbocycles. The summed E-state index contributed by atoms with van der Waals surface area (Å²) < 4.78 is 7.62. The Labute approximate surface area is 149 Å². The summed E-state index contributed by atoms with van der Waals surface area (Å²) in [7, 11) is 0. The Morgan fingerprint density at radius 3 is 2.54 bits per heavy atom. The van der Waals surface area contributed by atoms with Crippen LogP contribution in [0.4, 0.5) is 5.69 Å². The fraction of sp³-hybridized carbons (Fsp3) is 0.111. The molecule has 0 unspecified atom stereocenters. The van der Waals surface area contributed by atoms with Gasteiger partial charge >= 0.3 is 0 Å². The molecule has 0 amide bonds. The molecule has 122 valence electrons. The number of para-hydroxylation sites is 1. The number of aliphatic imine (C=N–C) groups is 1. The average Bonchev–Trinajstić information content (AvgIpc) is 2.89. The fourth-order valence-corrected chi connectivity index (χ4v) is 3.42. The molecule has 1 heterocycles. The van der Waals surface area contributed by atoms with E-state index in [0.717, 1.165) is 17.1 Å². The second-order valence-corrected chi connectivity index (χ2v) is 6.59. The largest absolute Gasteiger partial charge is 0.494 e. The normalized spacial score (nSPS) is 11.0. The summed E-state index contributed by atoms with van der Waals surface area (Å²) in [6.07, 6.45) is 1.63. The van der Waals surface area contributed by atoms with Gasteiger partial charge in [-0.05, 0) is 55.5 Å². The minimum absolute atomic E-state index is 0.103. The predicted molar refractivity (Wildman–Crippen MR) is 101 cm³/mol. The Morgan fingerprint density at radius 1 is 1.17 bits per heavy atom. The van der Waals surface area contributed by atoms with Gasteiger partial charge in [-0.1, -0.05) is 29.5 Å². The van der Waals surface area contributed by atoms with Gasteiger partial charge in [0.05, 0.1) is 24.2 Å². The average molecular weight is 356 g/mol. The number of aromatic nitrogens is 1. The first-order valence-electron chi connectivity index (χ1n) is 7.46. The van der Waals surface area contributed by atoms with E-state index >= 15 is 0 Å². The molecule has 24 heavy (non-hydrogen) atoms. The standard InChI is InChI=1S/C18H16N2O2S2/c1-2-22-15-10-8-13(9-11-15)19-12-16-17(21)20(18(23)24-16)14-6-4-3-5-7-14/h3-12,21H,2H2,1H3. The maximum atomic E-state index is 10.5. The number of thiazole rings is 1. The summed E-state index contributed by atoms with van der Waals surface area (Å²) in [5, 5.41) is 10.5. The van der Waals surface area contributed by atoms with E-state index in [0.29, 0.717) is 15.4 Å². The Bertz CT molecular complexity index is 897. The van der Waals surface area contributed by atoms with E-state index in [4.69, 9.17) is 17.0 Å². The molecule has 0 radical (unpaired) electrons. The third-order valence-corrected chi connectivity index (χ3v) is 4.60. The van der Waals surface area contributed by atoms with Crippen molar-refractivity contribution >= 4 is 35.5 Å². The molecular formula is C18H16N2O2S2. The highest BCUT2D eigenvalue weighted by Gasteiger charge is 2.11. The van der Waals surface area contributed by atoms with Crippen molar-refractivity contribution in [1.29, 1.82) is 0 Å². The lowest BCUT2D eigenvalue weighted by molar-refractivity contribution is 0.340. The van der Waals surface area contributed by atoms with Gasteiger partial charge in [-0.2, -0.15) is 0 Å². The van der Waals surface area contributed by atoms with Crippen molar-refractivity contribution in [3.63, 3.8) is 0 Å². The highest BCUT2D eigenvalue weighted by atomic mass is 32.1. The maximum absolute atomic E-state index is 10.5. The van der Waals surface area contributed by atoms with Gasteiger partial charge in [-0.25, -0.2) is 0 Å². The van der Waals surface area contributed by atoms with Crippen LogP contribution in [0.5, 0.6) is 11.6 Å². The van der Waals surface area contributed by atoms with E-state index in [9.17, 15) is 5.11 Å². The topological polar surface area (TPSA) is 46.8 Å². The first-order valence-corrected chi connectivity index (χ1v) is 8.68. The number of nitrogens with zero attached hydrogens (tertiary/aromatic N) is 2. The number of hydrogen-bond donors (Lipinski definition) is 1. The minimum Gasteiger partial charge on any atom is -0.494 e. The van der Waals surface area contributed by atoms with E-state index in [1.54, 1.807) is 10.8 Å². The Balaban J connectivity index is 1.87. The number of ether oxygens (including phenoxy) is 1. The zero-order chi connectivity index (χ0) is 16.9. The number of aromatic hydroxyl groups is 1. The SMILES string of the molecule is CCOc1ccc(N=Cc2sc(=S)n(-c3ccccc3)c2O)cc1. The monoisotopic (exact) mass is 356 g/mol. The molecule has 3 rings (SSSR count). The highest BCUT2D eigenvalue weighted by molar-refractivity contribution is 7.73. The van der Waals surface area contributed by atoms with Crippen LogP contribution in [0, 0.1) is 3.95 Å². The van der Waals surface area contributed by atoms with Gasteiger partial charge in [0, 0.05) is 0 Å². The van der Waals surface area contributed by atoms with Crippen molar-refractivity contribution in [1.82, 2.24) is 4.57 Å². The summed E-state index contributed by atoms with van der Waals surface area (Å²) in [6, 6.07) is 17.0. The van der Waals surface area contributed by atoms with Gasteiger partial charge in [0.2, 0.25) is 5.88 Å².